The van der Waals surface area contributed by atoms with Crippen molar-refractivity contribution < 1.29 is 15.0 Å². The molecule has 4 heteroatoms. The van der Waals surface area contributed by atoms with Crippen molar-refractivity contribution in [1.82, 2.24) is 0 Å². The molecule has 88 valence electrons. The zero-order valence-corrected chi connectivity index (χ0v) is 10.2. The molecule has 16 heavy (non-hydrogen) atoms. The van der Waals surface area contributed by atoms with Crippen LogP contribution in [-0.2, 0) is 5.75 Å². The minimum atomic E-state index is -0.902. The lowest BCUT2D eigenvalue weighted by atomic mass is 10.1. The molecule has 0 saturated carbocycles. The van der Waals surface area contributed by atoms with Crippen LogP contribution in [0.4, 0.5) is 0 Å². The van der Waals surface area contributed by atoms with Crippen molar-refractivity contribution in [3.05, 3.63) is 35.4 Å². The highest BCUT2D eigenvalue weighted by Crippen LogP contribution is 2.22. The van der Waals surface area contributed by atoms with Gasteiger partial charge in [0.1, 0.15) is 0 Å². The van der Waals surface area contributed by atoms with Crippen molar-refractivity contribution in [1.29, 1.82) is 0 Å². The smallest absolute Gasteiger partial charge is 0.335 e. The topological polar surface area (TPSA) is 57.5 Å². The number of hydrogen-bond donors (Lipinski definition) is 2. The van der Waals surface area contributed by atoms with Gasteiger partial charge in [0.2, 0.25) is 0 Å². The SMILES string of the molecule is CC(O)C(C)SCc1ccccc1C(=O)O. The van der Waals surface area contributed by atoms with Gasteiger partial charge < -0.3 is 10.2 Å². The van der Waals surface area contributed by atoms with E-state index in [-0.39, 0.29) is 11.4 Å². The second kappa shape index (κ2) is 5.92. The molecule has 2 N–H and O–H groups in total. The number of thioether (sulfide) groups is 1. The largest absolute Gasteiger partial charge is 0.478 e. The Morgan fingerprint density at radius 3 is 2.56 bits per heavy atom. The van der Waals surface area contributed by atoms with Crippen LogP contribution in [0, 0.1) is 0 Å². The monoisotopic (exact) mass is 240 g/mol. The molecule has 0 aliphatic carbocycles. The highest BCUT2D eigenvalue weighted by atomic mass is 32.2. The molecule has 1 aromatic rings. The molecule has 3 nitrogen and oxygen atoms in total. The summed E-state index contributed by atoms with van der Waals surface area (Å²) >= 11 is 1.56. The average molecular weight is 240 g/mol. The minimum absolute atomic E-state index is 0.0989. The first-order valence-electron chi connectivity index (χ1n) is 5.13. The van der Waals surface area contributed by atoms with Gasteiger partial charge in [-0.1, -0.05) is 25.1 Å². The van der Waals surface area contributed by atoms with E-state index in [4.69, 9.17) is 5.11 Å². The number of aliphatic hydroxyl groups is 1. The summed E-state index contributed by atoms with van der Waals surface area (Å²) in [5, 5.41) is 18.4. The number of rotatable bonds is 5. The van der Waals surface area contributed by atoms with Gasteiger partial charge in [-0.15, -0.1) is 0 Å². The normalized spacial score (nSPS) is 14.4. The number of hydrogen-bond acceptors (Lipinski definition) is 3. The molecule has 0 fully saturated rings. The van der Waals surface area contributed by atoms with Crippen LogP contribution in [0.25, 0.3) is 0 Å². The van der Waals surface area contributed by atoms with Crippen molar-refractivity contribution >= 4 is 17.7 Å². The van der Waals surface area contributed by atoms with Gasteiger partial charge in [-0.3, -0.25) is 0 Å². The second-order valence-electron chi connectivity index (χ2n) is 3.72. The van der Waals surface area contributed by atoms with Crippen molar-refractivity contribution in [3.8, 4) is 0 Å². The fourth-order valence-electron chi connectivity index (χ4n) is 1.22. The predicted molar refractivity (Wildman–Crippen MR) is 65.8 cm³/mol. The predicted octanol–water partition coefficient (Wildman–Crippen LogP) is 2.39. The van der Waals surface area contributed by atoms with Crippen LogP contribution in [0.2, 0.25) is 0 Å². The van der Waals surface area contributed by atoms with Gasteiger partial charge in [-0.2, -0.15) is 11.8 Å². The summed E-state index contributed by atoms with van der Waals surface area (Å²) in [6, 6.07) is 6.96. The Morgan fingerprint density at radius 2 is 2.00 bits per heavy atom. The van der Waals surface area contributed by atoms with E-state index in [0.717, 1.165) is 5.56 Å². The maximum Gasteiger partial charge on any atom is 0.335 e. The molecule has 0 radical (unpaired) electrons. The molecule has 0 aliphatic rings. The maximum atomic E-state index is 10.9. The molecule has 0 saturated heterocycles. The van der Waals surface area contributed by atoms with Crippen molar-refractivity contribution in [2.45, 2.75) is 31.0 Å². The molecule has 2 unspecified atom stereocenters. The first-order chi connectivity index (χ1) is 7.52. The van der Waals surface area contributed by atoms with E-state index >= 15 is 0 Å². The van der Waals surface area contributed by atoms with E-state index in [1.165, 1.54) is 0 Å². The van der Waals surface area contributed by atoms with Crippen LogP contribution in [0.5, 0.6) is 0 Å². The Balaban J connectivity index is 2.70. The minimum Gasteiger partial charge on any atom is -0.478 e. The molecule has 2 atom stereocenters. The highest BCUT2D eigenvalue weighted by Gasteiger charge is 2.13. The fourth-order valence-corrected chi connectivity index (χ4v) is 2.19. The molecule has 1 rings (SSSR count). The number of aromatic carboxylic acids is 1. The van der Waals surface area contributed by atoms with E-state index in [9.17, 15) is 9.90 Å². The lowest BCUT2D eigenvalue weighted by Gasteiger charge is -2.14. The molecule has 0 spiro atoms. The van der Waals surface area contributed by atoms with Crippen LogP contribution < -0.4 is 0 Å². The molecule has 0 bridgehead atoms. The summed E-state index contributed by atoms with van der Waals surface area (Å²) in [5.74, 6) is -0.296. The van der Waals surface area contributed by atoms with Gasteiger partial charge in [0, 0.05) is 11.0 Å². The standard InChI is InChI=1S/C12H16O3S/c1-8(13)9(2)16-7-10-5-3-4-6-11(10)12(14)15/h3-6,8-9,13H,7H2,1-2H3,(H,14,15). The van der Waals surface area contributed by atoms with Gasteiger partial charge in [0.15, 0.2) is 0 Å². The van der Waals surface area contributed by atoms with E-state index in [1.54, 1.807) is 30.8 Å². The fraction of sp³-hybridized carbons (Fsp3) is 0.417. The Kier molecular flexibility index (Phi) is 4.83. The van der Waals surface area contributed by atoms with Crippen molar-refractivity contribution in [3.63, 3.8) is 0 Å². The molecule has 0 aromatic heterocycles. The summed E-state index contributed by atoms with van der Waals surface area (Å²) in [5.41, 5.74) is 1.14. The lowest BCUT2D eigenvalue weighted by Crippen LogP contribution is -2.15. The quantitative estimate of drug-likeness (QED) is 0.829. The van der Waals surface area contributed by atoms with Crippen molar-refractivity contribution in [2.24, 2.45) is 0 Å². The van der Waals surface area contributed by atoms with E-state index in [2.05, 4.69) is 0 Å². The third-order valence-electron chi connectivity index (χ3n) is 2.43. The average Bonchev–Trinajstić information content (AvgIpc) is 2.25. The van der Waals surface area contributed by atoms with Crippen LogP contribution in [-0.4, -0.2) is 27.5 Å². The lowest BCUT2D eigenvalue weighted by molar-refractivity contribution is 0.0696. The number of benzene rings is 1. The molecule has 1 aromatic carbocycles. The second-order valence-corrected chi connectivity index (χ2v) is 5.08. The maximum absolute atomic E-state index is 10.9. The Bertz CT molecular complexity index is 363. The number of carbonyl (C=O) groups is 1. The van der Waals surface area contributed by atoms with Gasteiger partial charge >= 0.3 is 5.97 Å². The van der Waals surface area contributed by atoms with E-state index in [1.807, 2.05) is 19.1 Å². The Labute approximate surface area is 99.5 Å². The van der Waals surface area contributed by atoms with Crippen LogP contribution in [0.1, 0.15) is 29.8 Å². The van der Waals surface area contributed by atoms with Gasteiger partial charge in [-0.05, 0) is 18.6 Å². The van der Waals surface area contributed by atoms with Crippen LogP contribution >= 0.6 is 11.8 Å². The summed E-state index contributed by atoms with van der Waals surface area (Å²) < 4.78 is 0. The zero-order valence-electron chi connectivity index (χ0n) is 9.38. The van der Waals surface area contributed by atoms with E-state index in [0.29, 0.717) is 11.3 Å². The van der Waals surface area contributed by atoms with Crippen LogP contribution in [0.15, 0.2) is 24.3 Å². The molecular weight excluding hydrogens is 224 g/mol. The Morgan fingerprint density at radius 1 is 1.38 bits per heavy atom. The first-order valence-corrected chi connectivity index (χ1v) is 6.18. The summed E-state index contributed by atoms with van der Waals surface area (Å²) in [6.45, 7) is 3.67. The van der Waals surface area contributed by atoms with Gasteiger partial charge in [0.05, 0.1) is 11.7 Å². The molecule has 0 aliphatic heterocycles. The van der Waals surface area contributed by atoms with Crippen LogP contribution in [0.3, 0.4) is 0 Å². The Hall–Kier alpha value is -1.00. The molecule has 0 amide bonds. The van der Waals surface area contributed by atoms with E-state index < -0.39 is 5.97 Å². The highest BCUT2D eigenvalue weighted by molar-refractivity contribution is 7.99. The molecule has 0 heterocycles. The summed E-state index contributed by atoms with van der Waals surface area (Å²) in [4.78, 5) is 10.9. The van der Waals surface area contributed by atoms with Gasteiger partial charge in [0.25, 0.3) is 0 Å². The zero-order chi connectivity index (χ0) is 12.1. The molecular formula is C12H16O3S. The third kappa shape index (κ3) is 3.54. The summed E-state index contributed by atoms with van der Waals surface area (Å²) in [6.07, 6.45) is -0.387. The number of aliphatic hydroxyl groups excluding tert-OH is 1. The number of carboxylic acid groups (broad SMARTS) is 1. The number of carboxylic acids is 1. The first kappa shape index (κ1) is 13.1. The van der Waals surface area contributed by atoms with Crippen molar-refractivity contribution in [2.75, 3.05) is 0 Å². The summed E-state index contributed by atoms with van der Waals surface area (Å²) in [7, 11) is 0. The third-order valence-corrected chi connectivity index (χ3v) is 3.83. The van der Waals surface area contributed by atoms with Gasteiger partial charge in [-0.25, -0.2) is 4.79 Å².